The van der Waals surface area contributed by atoms with Gasteiger partial charge in [0.2, 0.25) is 5.91 Å². The number of aromatic nitrogens is 5. The second-order valence-corrected chi connectivity index (χ2v) is 8.83. The standard InChI is InChI=1S/C23H20N6O2S2/c1-2-31-16-9-7-15(8-10-16)29-21(18-13-25-19-6-4-3-5-17(18)19)27-28-23(29)33-14-20(30)26-22-24-11-12-32-22/h3-13,25H,2,14H2,1H3,(H,24,26,30). The third-order valence-corrected chi connectivity index (χ3v) is 6.50. The molecule has 0 spiro atoms. The topological polar surface area (TPSA) is 97.7 Å². The highest BCUT2D eigenvalue weighted by molar-refractivity contribution is 7.99. The highest BCUT2D eigenvalue weighted by Crippen LogP contribution is 2.33. The Bertz CT molecular complexity index is 1380. The van der Waals surface area contributed by atoms with Gasteiger partial charge in [0.15, 0.2) is 16.1 Å². The molecule has 5 rings (SSSR count). The molecule has 1 amide bonds. The zero-order chi connectivity index (χ0) is 22.6. The molecule has 0 saturated heterocycles. The van der Waals surface area contributed by atoms with Gasteiger partial charge < -0.3 is 15.0 Å². The van der Waals surface area contributed by atoms with Gasteiger partial charge in [0.05, 0.1) is 12.4 Å². The number of amides is 1. The number of anilines is 1. The van der Waals surface area contributed by atoms with Crippen LogP contribution in [0.5, 0.6) is 5.75 Å². The van der Waals surface area contributed by atoms with Gasteiger partial charge in [-0.1, -0.05) is 30.0 Å². The highest BCUT2D eigenvalue weighted by Gasteiger charge is 2.20. The molecule has 0 atom stereocenters. The first-order valence-electron chi connectivity index (χ1n) is 10.3. The van der Waals surface area contributed by atoms with Crippen molar-refractivity contribution >= 4 is 45.0 Å². The molecular formula is C23H20N6O2S2. The number of fused-ring (bicyclic) bond motifs is 1. The molecule has 8 nitrogen and oxygen atoms in total. The number of hydrogen-bond acceptors (Lipinski definition) is 7. The molecule has 0 unspecified atom stereocenters. The lowest BCUT2D eigenvalue weighted by Gasteiger charge is -2.11. The third-order valence-electron chi connectivity index (χ3n) is 4.88. The van der Waals surface area contributed by atoms with E-state index < -0.39 is 0 Å². The molecule has 3 heterocycles. The lowest BCUT2D eigenvalue weighted by atomic mass is 10.1. The fraction of sp³-hybridized carbons (Fsp3) is 0.130. The summed E-state index contributed by atoms with van der Waals surface area (Å²) in [5.41, 5.74) is 2.84. The smallest absolute Gasteiger partial charge is 0.236 e. The van der Waals surface area contributed by atoms with Crippen molar-refractivity contribution in [2.45, 2.75) is 12.1 Å². The van der Waals surface area contributed by atoms with Crippen molar-refractivity contribution in [1.29, 1.82) is 0 Å². The van der Waals surface area contributed by atoms with Crippen LogP contribution in [0.15, 0.2) is 71.5 Å². The molecule has 10 heteroatoms. The van der Waals surface area contributed by atoms with Crippen LogP contribution in [-0.2, 0) is 4.79 Å². The molecule has 0 aliphatic carbocycles. The maximum Gasteiger partial charge on any atom is 0.236 e. The van der Waals surface area contributed by atoms with Crippen molar-refractivity contribution in [3.8, 4) is 22.8 Å². The van der Waals surface area contributed by atoms with Gasteiger partial charge in [-0.3, -0.25) is 9.36 Å². The molecule has 0 fully saturated rings. The van der Waals surface area contributed by atoms with Crippen LogP contribution in [0.3, 0.4) is 0 Å². The van der Waals surface area contributed by atoms with Crippen LogP contribution in [-0.4, -0.2) is 43.0 Å². The van der Waals surface area contributed by atoms with Crippen LogP contribution in [0.2, 0.25) is 0 Å². The number of hydrogen-bond donors (Lipinski definition) is 2. The summed E-state index contributed by atoms with van der Waals surface area (Å²) in [6.07, 6.45) is 3.59. The summed E-state index contributed by atoms with van der Waals surface area (Å²) in [6.45, 7) is 2.55. The van der Waals surface area contributed by atoms with Gasteiger partial charge in [-0.2, -0.15) is 0 Å². The van der Waals surface area contributed by atoms with Gasteiger partial charge in [0.25, 0.3) is 0 Å². The number of ether oxygens (including phenoxy) is 1. The molecule has 0 radical (unpaired) electrons. The van der Waals surface area contributed by atoms with Crippen LogP contribution >= 0.6 is 23.1 Å². The number of rotatable bonds is 8. The van der Waals surface area contributed by atoms with Gasteiger partial charge in [-0.05, 0) is 37.3 Å². The second-order valence-electron chi connectivity index (χ2n) is 6.99. The summed E-state index contributed by atoms with van der Waals surface area (Å²) in [7, 11) is 0. The van der Waals surface area contributed by atoms with E-state index in [1.54, 1.807) is 6.20 Å². The van der Waals surface area contributed by atoms with Crippen molar-refractivity contribution in [3.63, 3.8) is 0 Å². The molecule has 33 heavy (non-hydrogen) atoms. The van der Waals surface area contributed by atoms with Crippen molar-refractivity contribution in [1.82, 2.24) is 24.7 Å². The van der Waals surface area contributed by atoms with E-state index >= 15 is 0 Å². The summed E-state index contributed by atoms with van der Waals surface area (Å²) in [4.78, 5) is 19.8. The number of thiazole rings is 1. The summed E-state index contributed by atoms with van der Waals surface area (Å²) in [6, 6.07) is 15.8. The monoisotopic (exact) mass is 476 g/mol. The quantitative estimate of drug-likeness (QED) is 0.306. The fourth-order valence-electron chi connectivity index (χ4n) is 3.46. The van der Waals surface area contributed by atoms with E-state index in [1.807, 2.05) is 71.6 Å². The predicted molar refractivity (Wildman–Crippen MR) is 131 cm³/mol. The number of H-pyrrole nitrogens is 1. The van der Waals surface area contributed by atoms with E-state index in [0.29, 0.717) is 22.7 Å². The Morgan fingerprint density at radius 1 is 1.18 bits per heavy atom. The fourth-order valence-corrected chi connectivity index (χ4v) is 4.75. The molecule has 5 aromatic rings. The predicted octanol–water partition coefficient (Wildman–Crippen LogP) is 5.00. The Labute approximate surface area is 198 Å². The number of carbonyl (C=O) groups excluding carboxylic acids is 1. The average molecular weight is 477 g/mol. The number of nitrogens with one attached hydrogen (secondary N) is 2. The number of thioether (sulfide) groups is 1. The van der Waals surface area contributed by atoms with Gasteiger partial charge in [0, 0.05) is 39.9 Å². The molecule has 2 aromatic carbocycles. The van der Waals surface area contributed by atoms with Crippen LogP contribution < -0.4 is 10.1 Å². The second kappa shape index (κ2) is 9.47. The number of nitrogens with zero attached hydrogens (tertiary/aromatic N) is 4. The minimum Gasteiger partial charge on any atom is -0.494 e. The molecule has 0 aliphatic rings. The molecule has 0 bridgehead atoms. The third kappa shape index (κ3) is 4.48. The lowest BCUT2D eigenvalue weighted by Crippen LogP contribution is -2.14. The lowest BCUT2D eigenvalue weighted by molar-refractivity contribution is -0.113. The molecule has 0 aliphatic heterocycles. The van der Waals surface area contributed by atoms with Crippen LogP contribution in [0.1, 0.15) is 6.92 Å². The highest BCUT2D eigenvalue weighted by atomic mass is 32.2. The largest absolute Gasteiger partial charge is 0.494 e. The maximum absolute atomic E-state index is 12.4. The summed E-state index contributed by atoms with van der Waals surface area (Å²) in [5, 5.41) is 15.8. The van der Waals surface area contributed by atoms with Gasteiger partial charge in [-0.25, -0.2) is 4.98 Å². The van der Waals surface area contributed by atoms with Crippen LogP contribution in [0.25, 0.3) is 28.0 Å². The molecule has 2 N–H and O–H groups in total. The van der Waals surface area contributed by atoms with Crippen molar-refractivity contribution in [3.05, 3.63) is 66.3 Å². The normalized spacial score (nSPS) is 11.1. The maximum atomic E-state index is 12.4. The van der Waals surface area contributed by atoms with Crippen molar-refractivity contribution < 1.29 is 9.53 Å². The Morgan fingerprint density at radius 3 is 2.82 bits per heavy atom. The van der Waals surface area contributed by atoms with Crippen LogP contribution in [0.4, 0.5) is 5.13 Å². The summed E-state index contributed by atoms with van der Waals surface area (Å²) in [5.74, 6) is 1.52. The van der Waals surface area contributed by atoms with Crippen LogP contribution in [0, 0.1) is 0 Å². The Hall–Kier alpha value is -3.63. The van der Waals surface area contributed by atoms with E-state index in [-0.39, 0.29) is 11.7 Å². The Balaban J connectivity index is 1.50. The SMILES string of the molecule is CCOc1ccc(-n2c(SCC(=O)Nc3nccs3)nnc2-c2c[nH]c3ccccc23)cc1. The van der Waals surface area contributed by atoms with E-state index in [1.165, 1.54) is 23.1 Å². The van der Waals surface area contributed by atoms with E-state index in [0.717, 1.165) is 27.9 Å². The minimum absolute atomic E-state index is 0.148. The van der Waals surface area contributed by atoms with Gasteiger partial charge in [0.1, 0.15) is 5.75 Å². The molecule has 3 aromatic heterocycles. The molecule has 166 valence electrons. The Morgan fingerprint density at radius 2 is 2.03 bits per heavy atom. The number of benzene rings is 2. The average Bonchev–Trinajstić information content (AvgIpc) is 3.58. The van der Waals surface area contributed by atoms with E-state index in [4.69, 9.17) is 4.74 Å². The van der Waals surface area contributed by atoms with E-state index in [9.17, 15) is 4.79 Å². The minimum atomic E-state index is -0.148. The Kier molecular flexibility index (Phi) is 6.09. The summed E-state index contributed by atoms with van der Waals surface area (Å²) < 4.78 is 7.55. The van der Waals surface area contributed by atoms with Gasteiger partial charge >= 0.3 is 0 Å². The summed E-state index contributed by atoms with van der Waals surface area (Å²) >= 11 is 2.70. The van der Waals surface area contributed by atoms with E-state index in [2.05, 4.69) is 25.5 Å². The zero-order valence-corrected chi connectivity index (χ0v) is 19.3. The first-order valence-corrected chi connectivity index (χ1v) is 12.2. The molecular weight excluding hydrogens is 456 g/mol. The first-order chi connectivity index (χ1) is 16.2. The number of carbonyl (C=O) groups is 1. The van der Waals surface area contributed by atoms with Crippen molar-refractivity contribution in [2.75, 3.05) is 17.7 Å². The zero-order valence-electron chi connectivity index (χ0n) is 17.7. The molecule has 0 saturated carbocycles. The van der Waals surface area contributed by atoms with Gasteiger partial charge in [-0.15, -0.1) is 21.5 Å². The number of aromatic amines is 1. The number of para-hydroxylation sites is 1. The van der Waals surface area contributed by atoms with Crippen molar-refractivity contribution in [2.24, 2.45) is 0 Å². The first kappa shape index (κ1) is 21.2.